The molecule has 0 bridgehead atoms. The first kappa shape index (κ1) is 15.7. The first-order valence-electron chi connectivity index (χ1n) is 4.75. The zero-order chi connectivity index (χ0) is 13.6. The van der Waals surface area contributed by atoms with Gasteiger partial charge in [-0.3, -0.25) is 4.79 Å². The normalized spacial score (nSPS) is 17.9. The first-order chi connectivity index (χ1) is 7.82. The fourth-order valence-electron chi connectivity index (χ4n) is 0.975. The molecule has 0 rings (SSSR count). The van der Waals surface area contributed by atoms with E-state index in [0.717, 1.165) is 0 Å². The van der Waals surface area contributed by atoms with Gasteiger partial charge in [-0.1, -0.05) is 0 Å². The van der Waals surface area contributed by atoms with E-state index >= 15 is 0 Å². The van der Waals surface area contributed by atoms with Crippen LogP contribution in [0.15, 0.2) is 0 Å². The molecule has 0 spiro atoms. The van der Waals surface area contributed by atoms with Crippen molar-refractivity contribution in [1.29, 1.82) is 0 Å². The van der Waals surface area contributed by atoms with Crippen LogP contribution in [-0.2, 0) is 9.59 Å². The average molecular weight is 252 g/mol. The van der Waals surface area contributed by atoms with Crippen molar-refractivity contribution in [1.82, 2.24) is 5.32 Å². The summed E-state index contributed by atoms with van der Waals surface area (Å²) >= 11 is 0. The third-order valence-corrected chi connectivity index (χ3v) is 1.96. The summed E-state index contributed by atoms with van der Waals surface area (Å²) in [5.74, 6) is -2.81. The molecule has 100 valence electrons. The van der Waals surface area contributed by atoms with E-state index in [2.05, 4.69) is 5.32 Å². The number of nitrogens with two attached hydrogens (primary N) is 1. The molecular weight excluding hydrogens is 236 g/mol. The van der Waals surface area contributed by atoms with Gasteiger partial charge in [0.1, 0.15) is 12.2 Å². The highest BCUT2D eigenvalue weighted by molar-refractivity contribution is 5.81. The third kappa shape index (κ3) is 4.63. The van der Waals surface area contributed by atoms with Crippen molar-refractivity contribution in [3.63, 3.8) is 0 Å². The van der Waals surface area contributed by atoms with Crippen molar-refractivity contribution in [3.8, 4) is 0 Å². The molecule has 17 heavy (non-hydrogen) atoms. The molecular formula is C8H16N2O7. The number of carbonyl (C=O) groups excluding carboxylic acids is 1. The third-order valence-electron chi connectivity index (χ3n) is 1.96. The summed E-state index contributed by atoms with van der Waals surface area (Å²) in [7, 11) is 0. The molecule has 0 fully saturated rings. The number of rotatable bonds is 7. The standard InChI is InChI=1S/C8H16N2O7/c9-1-2-10-7(15)5(13)3(11)4(12)6(14)8(16)17/h3-6,11-14H,1-2,9H2,(H,10,15)(H,16,17)/t3-,4-,5-,6+/m0/s1. The van der Waals surface area contributed by atoms with Crippen LogP contribution in [-0.4, -0.2) is 74.9 Å². The van der Waals surface area contributed by atoms with E-state index in [1.54, 1.807) is 0 Å². The van der Waals surface area contributed by atoms with Crippen molar-refractivity contribution in [3.05, 3.63) is 0 Å². The molecule has 0 aromatic carbocycles. The number of aliphatic hydroxyl groups is 4. The Hall–Kier alpha value is -1.26. The Morgan fingerprint density at radius 3 is 1.94 bits per heavy atom. The van der Waals surface area contributed by atoms with Gasteiger partial charge in [-0.25, -0.2) is 4.79 Å². The molecule has 1 amide bonds. The molecule has 9 nitrogen and oxygen atoms in total. The van der Waals surface area contributed by atoms with Gasteiger partial charge in [0.25, 0.3) is 5.91 Å². The molecule has 9 heteroatoms. The van der Waals surface area contributed by atoms with Gasteiger partial charge in [0.05, 0.1) is 0 Å². The smallest absolute Gasteiger partial charge is 0.335 e. The van der Waals surface area contributed by atoms with Crippen molar-refractivity contribution < 1.29 is 35.1 Å². The number of nitrogens with one attached hydrogen (secondary N) is 1. The molecule has 0 heterocycles. The molecule has 0 aromatic heterocycles. The molecule has 0 aliphatic rings. The Balaban J connectivity index is 4.42. The van der Waals surface area contributed by atoms with E-state index in [9.17, 15) is 19.8 Å². The number of carboxylic acids is 1. The van der Waals surface area contributed by atoms with Gasteiger partial charge in [0, 0.05) is 13.1 Å². The number of carbonyl (C=O) groups is 2. The van der Waals surface area contributed by atoms with Gasteiger partial charge in [0.2, 0.25) is 0 Å². The predicted octanol–water partition coefficient (Wildman–Crippen LogP) is -4.41. The van der Waals surface area contributed by atoms with E-state index in [1.165, 1.54) is 0 Å². The molecule has 4 atom stereocenters. The second-order valence-electron chi connectivity index (χ2n) is 3.29. The maximum atomic E-state index is 11.1. The van der Waals surface area contributed by atoms with Crippen LogP contribution >= 0.6 is 0 Å². The Morgan fingerprint density at radius 2 is 1.53 bits per heavy atom. The van der Waals surface area contributed by atoms with E-state index in [1.807, 2.05) is 0 Å². The van der Waals surface area contributed by atoms with Crippen LogP contribution in [0.25, 0.3) is 0 Å². The average Bonchev–Trinajstić information content (AvgIpc) is 2.31. The van der Waals surface area contributed by atoms with Crippen LogP contribution in [0.4, 0.5) is 0 Å². The number of amides is 1. The van der Waals surface area contributed by atoms with Gasteiger partial charge in [-0.05, 0) is 0 Å². The second kappa shape index (κ2) is 7.14. The lowest BCUT2D eigenvalue weighted by atomic mass is 10.0. The molecule has 0 aromatic rings. The first-order valence-corrected chi connectivity index (χ1v) is 4.75. The highest BCUT2D eigenvalue weighted by Crippen LogP contribution is 2.05. The van der Waals surface area contributed by atoms with Crippen LogP contribution in [0, 0.1) is 0 Å². The van der Waals surface area contributed by atoms with E-state index in [4.69, 9.17) is 21.1 Å². The zero-order valence-electron chi connectivity index (χ0n) is 8.85. The van der Waals surface area contributed by atoms with Crippen LogP contribution in [0.1, 0.15) is 0 Å². The predicted molar refractivity (Wildman–Crippen MR) is 53.7 cm³/mol. The molecule has 0 saturated carbocycles. The van der Waals surface area contributed by atoms with Crippen LogP contribution in [0.2, 0.25) is 0 Å². The maximum Gasteiger partial charge on any atom is 0.335 e. The van der Waals surface area contributed by atoms with Crippen molar-refractivity contribution in [2.45, 2.75) is 24.4 Å². The van der Waals surface area contributed by atoms with Gasteiger partial charge in [0.15, 0.2) is 12.2 Å². The van der Waals surface area contributed by atoms with E-state index < -0.39 is 36.3 Å². The highest BCUT2D eigenvalue weighted by atomic mass is 16.4. The maximum absolute atomic E-state index is 11.1. The lowest BCUT2D eigenvalue weighted by Crippen LogP contribution is -2.53. The van der Waals surface area contributed by atoms with Crippen molar-refractivity contribution >= 4 is 11.9 Å². The fraction of sp³-hybridized carbons (Fsp3) is 0.750. The minimum atomic E-state index is -2.30. The minimum Gasteiger partial charge on any atom is -0.479 e. The molecule has 0 saturated heterocycles. The summed E-state index contributed by atoms with van der Waals surface area (Å²) in [6.45, 7) is 0.148. The lowest BCUT2D eigenvalue weighted by Gasteiger charge is -2.23. The molecule has 0 radical (unpaired) electrons. The number of aliphatic carboxylic acids is 1. The van der Waals surface area contributed by atoms with Crippen molar-refractivity contribution in [2.75, 3.05) is 13.1 Å². The summed E-state index contributed by atoms with van der Waals surface area (Å²) in [5.41, 5.74) is 5.07. The Morgan fingerprint density at radius 1 is 1.06 bits per heavy atom. The topological polar surface area (TPSA) is 173 Å². The van der Waals surface area contributed by atoms with Crippen molar-refractivity contribution in [2.24, 2.45) is 5.73 Å². The van der Waals surface area contributed by atoms with Gasteiger partial charge in [-0.15, -0.1) is 0 Å². The Bertz CT molecular complexity index is 273. The number of hydrogen-bond acceptors (Lipinski definition) is 7. The van der Waals surface area contributed by atoms with E-state index in [-0.39, 0.29) is 13.1 Å². The SMILES string of the molecule is NCCNC(=O)[C@@H](O)[C@@H](O)[C@H](O)[C@@H](O)C(=O)O. The molecule has 0 aliphatic heterocycles. The Kier molecular flexibility index (Phi) is 6.61. The summed E-state index contributed by atoms with van der Waals surface area (Å²) in [6, 6.07) is 0. The zero-order valence-corrected chi connectivity index (χ0v) is 8.85. The molecule has 8 N–H and O–H groups in total. The summed E-state index contributed by atoms with van der Waals surface area (Å²) < 4.78 is 0. The van der Waals surface area contributed by atoms with Gasteiger partial charge in [-0.2, -0.15) is 0 Å². The molecule has 0 aliphatic carbocycles. The number of aliphatic hydroxyl groups excluding tert-OH is 4. The van der Waals surface area contributed by atoms with Crippen LogP contribution < -0.4 is 11.1 Å². The molecule has 0 unspecified atom stereocenters. The summed E-state index contributed by atoms with van der Waals surface area (Å²) in [5, 5.41) is 47.0. The summed E-state index contributed by atoms with van der Waals surface area (Å²) in [4.78, 5) is 21.4. The Labute approximate surface area is 96.5 Å². The fourth-order valence-corrected chi connectivity index (χ4v) is 0.975. The largest absolute Gasteiger partial charge is 0.479 e. The van der Waals surface area contributed by atoms with Crippen LogP contribution in [0.5, 0.6) is 0 Å². The van der Waals surface area contributed by atoms with Gasteiger partial charge < -0.3 is 36.6 Å². The van der Waals surface area contributed by atoms with Crippen LogP contribution in [0.3, 0.4) is 0 Å². The van der Waals surface area contributed by atoms with Gasteiger partial charge >= 0.3 is 5.97 Å². The lowest BCUT2D eigenvalue weighted by molar-refractivity contribution is -0.166. The number of hydrogen-bond donors (Lipinski definition) is 7. The second-order valence-corrected chi connectivity index (χ2v) is 3.29. The minimum absolute atomic E-state index is 0.0419. The van der Waals surface area contributed by atoms with E-state index in [0.29, 0.717) is 0 Å². The monoisotopic (exact) mass is 252 g/mol. The summed E-state index contributed by atoms with van der Waals surface area (Å²) in [6.07, 6.45) is -8.68. The highest BCUT2D eigenvalue weighted by Gasteiger charge is 2.37. The quantitative estimate of drug-likeness (QED) is 0.238. The number of carboxylic acid groups (broad SMARTS) is 1.